The van der Waals surface area contributed by atoms with Gasteiger partial charge in [-0.05, 0) is 41.0 Å². The zero-order valence-electron chi connectivity index (χ0n) is 17.6. The molecule has 0 saturated heterocycles. The van der Waals surface area contributed by atoms with Crippen LogP contribution in [0.1, 0.15) is 5.56 Å². The van der Waals surface area contributed by atoms with E-state index in [0.29, 0.717) is 5.69 Å². The van der Waals surface area contributed by atoms with E-state index in [2.05, 4.69) is 5.32 Å². The molecule has 0 unspecified atom stereocenters. The van der Waals surface area contributed by atoms with Crippen LogP contribution in [0.4, 0.5) is 10.1 Å². The third kappa shape index (κ3) is 6.77. The first-order valence-electron chi connectivity index (χ1n) is 10.00. The van der Waals surface area contributed by atoms with Crippen LogP contribution >= 0.6 is 0 Å². The lowest BCUT2D eigenvalue weighted by atomic mass is 10.0. The lowest BCUT2D eigenvalue weighted by molar-refractivity contribution is -0.151. The average molecular weight is 434 g/mol. The molecule has 0 aliphatic heterocycles. The van der Waals surface area contributed by atoms with Crippen molar-refractivity contribution in [2.75, 3.05) is 25.5 Å². The number of anilines is 1. The van der Waals surface area contributed by atoms with Crippen molar-refractivity contribution in [3.63, 3.8) is 0 Å². The Hall–Kier alpha value is -4.00. The smallest absolute Gasteiger partial charge is 0.310 e. The number of nitrogens with one attached hydrogen (secondary N) is 1. The highest BCUT2D eigenvalue weighted by atomic mass is 19.1. The maximum absolute atomic E-state index is 12.9. The number of esters is 1. The fourth-order valence-electron chi connectivity index (χ4n) is 2.95. The molecule has 3 aromatic rings. The minimum absolute atomic E-state index is 0.0388. The van der Waals surface area contributed by atoms with Crippen LogP contribution in [0.15, 0.2) is 78.9 Å². The minimum Gasteiger partial charge on any atom is -0.455 e. The number of carbonyl (C=O) groups excluding carboxylic acids is 3. The number of benzene rings is 3. The van der Waals surface area contributed by atoms with Crippen molar-refractivity contribution in [3.05, 3.63) is 90.2 Å². The predicted octanol–water partition coefficient (Wildman–Crippen LogP) is 3.68. The zero-order chi connectivity index (χ0) is 22.9. The Bertz CT molecular complexity index is 1070. The van der Waals surface area contributed by atoms with Crippen molar-refractivity contribution in [1.29, 1.82) is 0 Å². The Morgan fingerprint density at radius 1 is 0.875 bits per heavy atom. The maximum atomic E-state index is 12.9. The van der Waals surface area contributed by atoms with Crippen molar-refractivity contribution in [2.45, 2.75) is 6.42 Å². The van der Waals surface area contributed by atoms with Crippen molar-refractivity contribution in [2.24, 2.45) is 0 Å². The van der Waals surface area contributed by atoms with Gasteiger partial charge in [0.1, 0.15) is 5.82 Å². The van der Waals surface area contributed by atoms with E-state index >= 15 is 0 Å². The van der Waals surface area contributed by atoms with Crippen LogP contribution in [-0.2, 0) is 25.5 Å². The van der Waals surface area contributed by atoms with Crippen LogP contribution in [-0.4, -0.2) is 42.9 Å². The van der Waals surface area contributed by atoms with Gasteiger partial charge in [0, 0.05) is 12.7 Å². The summed E-state index contributed by atoms with van der Waals surface area (Å²) in [5.74, 6) is -1.90. The van der Waals surface area contributed by atoms with Gasteiger partial charge in [-0.1, -0.05) is 54.6 Å². The summed E-state index contributed by atoms with van der Waals surface area (Å²) in [7, 11) is 1.43. The van der Waals surface area contributed by atoms with E-state index in [1.807, 2.05) is 54.6 Å². The molecule has 3 rings (SSSR count). The summed E-state index contributed by atoms with van der Waals surface area (Å²) in [5.41, 5.74) is 3.31. The van der Waals surface area contributed by atoms with Gasteiger partial charge in [-0.15, -0.1) is 0 Å². The number of hydrogen-bond donors (Lipinski definition) is 1. The molecule has 0 aliphatic carbocycles. The van der Waals surface area contributed by atoms with Gasteiger partial charge in [0.25, 0.3) is 5.91 Å². The second-order valence-electron chi connectivity index (χ2n) is 7.21. The van der Waals surface area contributed by atoms with Crippen molar-refractivity contribution in [3.8, 4) is 11.1 Å². The molecule has 0 saturated carbocycles. The topological polar surface area (TPSA) is 75.7 Å². The maximum Gasteiger partial charge on any atom is 0.310 e. The molecule has 0 spiro atoms. The van der Waals surface area contributed by atoms with Crippen LogP contribution in [0.3, 0.4) is 0 Å². The standard InChI is InChI=1S/C25H23FN2O4/c1-28(16-23(29)27-22-13-11-21(26)12-14-22)24(30)17-32-25(31)15-18-7-9-20(10-8-18)19-5-3-2-4-6-19/h2-14H,15-17H2,1H3,(H,27,29). The molecule has 0 atom stereocenters. The molecule has 0 aliphatic rings. The molecular formula is C25H23FN2O4. The molecule has 0 radical (unpaired) electrons. The largest absolute Gasteiger partial charge is 0.455 e. The van der Waals surface area contributed by atoms with Crippen molar-refractivity contribution >= 4 is 23.5 Å². The lowest BCUT2D eigenvalue weighted by Crippen LogP contribution is -2.37. The van der Waals surface area contributed by atoms with Gasteiger partial charge >= 0.3 is 5.97 Å². The Balaban J connectivity index is 1.42. The molecular weight excluding hydrogens is 411 g/mol. The van der Waals surface area contributed by atoms with Gasteiger partial charge in [-0.3, -0.25) is 14.4 Å². The first kappa shape index (κ1) is 22.7. The number of nitrogens with zero attached hydrogens (tertiary/aromatic N) is 1. The lowest BCUT2D eigenvalue weighted by Gasteiger charge is -2.16. The van der Waals surface area contributed by atoms with E-state index in [9.17, 15) is 18.8 Å². The summed E-state index contributed by atoms with van der Waals surface area (Å²) in [6.45, 7) is -0.685. The zero-order valence-corrected chi connectivity index (χ0v) is 17.6. The van der Waals surface area contributed by atoms with E-state index < -0.39 is 30.2 Å². The Morgan fingerprint density at radius 2 is 1.50 bits per heavy atom. The number of likely N-dealkylation sites (N-methyl/N-ethyl adjacent to an activating group) is 1. The summed E-state index contributed by atoms with van der Waals surface area (Å²) in [5, 5.41) is 2.56. The highest BCUT2D eigenvalue weighted by molar-refractivity contribution is 5.94. The van der Waals surface area contributed by atoms with Crippen molar-refractivity contribution < 1.29 is 23.5 Å². The van der Waals surface area contributed by atoms with Crippen LogP contribution in [0, 0.1) is 5.82 Å². The summed E-state index contributed by atoms with van der Waals surface area (Å²) < 4.78 is 18.0. The van der Waals surface area contributed by atoms with Crippen LogP contribution in [0.5, 0.6) is 0 Å². The van der Waals surface area contributed by atoms with Gasteiger partial charge in [0.15, 0.2) is 6.61 Å². The number of carbonyl (C=O) groups is 3. The Morgan fingerprint density at radius 3 is 2.16 bits per heavy atom. The number of hydrogen-bond acceptors (Lipinski definition) is 4. The van der Waals surface area contributed by atoms with Crippen LogP contribution in [0.25, 0.3) is 11.1 Å². The third-order valence-electron chi connectivity index (χ3n) is 4.70. The van der Waals surface area contributed by atoms with Gasteiger partial charge in [0.05, 0.1) is 13.0 Å². The fourth-order valence-corrected chi connectivity index (χ4v) is 2.95. The molecule has 32 heavy (non-hydrogen) atoms. The van der Waals surface area contributed by atoms with E-state index in [1.165, 1.54) is 31.3 Å². The second-order valence-corrected chi connectivity index (χ2v) is 7.21. The molecule has 6 nitrogen and oxygen atoms in total. The number of rotatable bonds is 8. The monoisotopic (exact) mass is 434 g/mol. The third-order valence-corrected chi connectivity index (χ3v) is 4.70. The van der Waals surface area contributed by atoms with Gasteiger partial charge in [-0.2, -0.15) is 0 Å². The predicted molar refractivity (Wildman–Crippen MR) is 119 cm³/mol. The first-order chi connectivity index (χ1) is 15.4. The minimum atomic E-state index is -0.532. The average Bonchev–Trinajstić information content (AvgIpc) is 2.80. The molecule has 0 bridgehead atoms. The van der Waals surface area contributed by atoms with Crippen molar-refractivity contribution in [1.82, 2.24) is 4.90 Å². The second kappa shape index (κ2) is 10.9. The number of ether oxygens (including phenoxy) is 1. The molecule has 164 valence electrons. The molecule has 0 aromatic heterocycles. The normalized spacial score (nSPS) is 10.3. The fraction of sp³-hybridized carbons (Fsp3) is 0.160. The highest BCUT2D eigenvalue weighted by Crippen LogP contribution is 2.19. The molecule has 2 amide bonds. The van der Waals surface area contributed by atoms with Gasteiger partial charge in [0.2, 0.25) is 5.91 Å². The number of amides is 2. The van der Waals surface area contributed by atoms with Crippen LogP contribution < -0.4 is 5.32 Å². The SMILES string of the molecule is CN(CC(=O)Nc1ccc(F)cc1)C(=O)COC(=O)Cc1ccc(-c2ccccc2)cc1. The summed E-state index contributed by atoms with van der Waals surface area (Å²) in [6.07, 6.45) is 0.0388. The summed E-state index contributed by atoms with van der Waals surface area (Å²) in [4.78, 5) is 37.4. The highest BCUT2D eigenvalue weighted by Gasteiger charge is 2.15. The first-order valence-corrected chi connectivity index (χ1v) is 10.00. The molecule has 0 heterocycles. The number of halogens is 1. The Kier molecular flexibility index (Phi) is 7.70. The molecule has 3 aromatic carbocycles. The van der Waals surface area contributed by atoms with E-state index in [-0.39, 0.29) is 13.0 Å². The van der Waals surface area contributed by atoms with E-state index in [0.717, 1.165) is 21.6 Å². The summed E-state index contributed by atoms with van der Waals surface area (Å²) in [6, 6.07) is 22.7. The van der Waals surface area contributed by atoms with E-state index in [1.54, 1.807) is 0 Å². The van der Waals surface area contributed by atoms with E-state index in [4.69, 9.17) is 4.74 Å². The Labute approximate surface area is 185 Å². The molecule has 0 fully saturated rings. The summed E-state index contributed by atoms with van der Waals surface area (Å²) >= 11 is 0. The quantitative estimate of drug-likeness (QED) is 0.549. The van der Waals surface area contributed by atoms with Crippen LogP contribution in [0.2, 0.25) is 0 Å². The van der Waals surface area contributed by atoms with Gasteiger partial charge < -0.3 is 15.0 Å². The molecule has 1 N–H and O–H groups in total. The molecule has 7 heteroatoms. The van der Waals surface area contributed by atoms with Gasteiger partial charge in [-0.25, -0.2) is 4.39 Å².